The molecule has 0 aliphatic heterocycles. The molecule has 0 bridgehead atoms. The Labute approximate surface area is 95.1 Å². The summed E-state index contributed by atoms with van der Waals surface area (Å²) in [5, 5.41) is 2.55. The molecule has 0 fully saturated rings. The first kappa shape index (κ1) is 10.1. The van der Waals surface area contributed by atoms with Gasteiger partial charge in [0.15, 0.2) is 5.82 Å². The summed E-state index contributed by atoms with van der Waals surface area (Å²) in [4.78, 5) is 12.4. The third kappa shape index (κ3) is 1.86. The average Bonchev–Trinajstić information content (AvgIpc) is 2.46. The van der Waals surface area contributed by atoms with E-state index in [4.69, 9.17) is 23.1 Å². The smallest absolute Gasteiger partial charge is 0.225 e. The Morgan fingerprint density at radius 2 is 1.80 bits per heavy atom. The summed E-state index contributed by atoms with van der Waals surface area (Å²) in [6, 6.07) is 0. The fourth-order valence-electron chi connectivity index (χ4n) is 1.09. The van der Waals surface area contributed by atoms with Gasteiger partial charge in [-0.1, -0.05) is 11.6 Å². The molecule has 5 nitrogen and oxygen atoms in total. The number of aryl methyl sites for hydroxylation is 1. The van der Waals surface area contributed by atoms with Crippen molar-refractivity contribution in [2.45, 2.75) is 6.92 Å². The Kier molecular flexibility index (Phi) is 2.45. The van der Waals surface area contributed by atoms with Gasteiger partial charge in [-0.2, -0.15) is 15.0 Å². The minimum absolute atomic E-state index is 0.0969. The first-order valence-electron chi connectivity index (χ1n) is 4.09. The molecule has 2 heterocycles. The molecule has 2 aromatic rings. The normalized spacial score (nSPS) is 10.5. The second kappa shape index (κ2) is 3.63. The van der Waals surface area contributed by atoms with Crippen molar-refractivity contribution in [3.8, 4) is 10.7 Å². The van der Waals surface area contributed by atoms with E-state index in [1.54, 1.807) is 0 Å². The largest absolute Gasteiger partial charge is 0.368 e. The average molecular weight is 242 g/mol. The number of thiophene rings is 1. The number of hydrogen-bond acceptors (Lipinski definition) is 6. The number of nitrogens with zero attached hydrogens (tertiary/aromatic N) is 3. The molecule has 7 heteroatoms. The zero-order valence-electron chi connectivity index (χ0n) is 7.86. The zero-order valence-corrected chi connectivity index (χ0v) is 9.43. The Morgan fingerprint density at radius 1 is 1.20 bits per heavy atom. The molecule has 0 unspecified atom stereocenters. The van der Waals surface area contributed by atoms with E-state index in [-0.39, 0.29) is 11.9 Å². The minimum Gasteiger partial charge on any atom is -0.368 e. The number of halogens is 1. The molecular formula is C8H8ClN5S. The van der Waals surface area contributed by atoms with Crippen molar-refractivity contribution in [1.29, 1.82) is 0 Å². The van der Waals surface area contributed by atoms with Gasteiger partial charge in [-0.15, -0.1) is 11.3 Å². The van der Waals surface area contributed by atoms with Crippen LogP contribution in [-0.2, 0) is 0 Å². The first-order chi connectivity index (χ1) is 7.08. The molecule has 0 aliphatic rings. The number of nitrogens with two attached hydrogens (primary N) is 2. The number of hydrogen-bond donors (Lipinski definition) is 2. The molecule has 0 saturated heterocycles. The van der Waals surface area contributed by atoms with Crippen LogP contribution in [0.25, 0.3) is 10.7 Å². The molecule has 0 amide bonds. The molecule has 0 spiro atoms. The van der Waals surface area contributed by atoms with E-state index < -0.39 is 0 Å². The summed E-state index contributed by atoms with van der Waals surface area (Å²) in [5.74, 6) is 0.613. The molecule has 2 rings (SSSR count). The van der Waals surface area contributed by atoms with Gasteiger partial charge in [0.1, 0.15) is 0 Å². The van der Waals surface area contributed by atoms with E-state index in [1.165, 1.54) is 11.3 Å². The predicted molar refractivity (Wildman–Crippen MR) is 61.7 cm³/mol. The van der Waals surface area contributed by atoms with Crippen LogP contribution in [0.3, 0.4) is 0 Å². The van der Waals surface area contributed by atoms with Crippen LogP contribution in [0, 0.1) is 6.92 Å². The number of rotatable bonds is 1. The number of nitrogen functional groups attached to an aromatic ring is 2. The monoisotopic (exact) mass is 241 g/mol. The maximum Gasteiger partial charge on any atom is 0.225 e. The molecule has 0 atom stereocenters. The van der Waals surface area contributed by atoms with Gasteiger partial charge in [-0.05, 0) is 17.9 Å². The van der Waals surface area contributed by atoms with Crippen molar-refractivity contribution in [3.05, 3.63) is 16.0 Å². The van der Waals surface area contributed by atoms with E-state index in [2.05, 4.69) is 15.0 Å². The predicted octanol–water partition coefficient (Wildman–Crippen LogP) is 1.73. The van der Waals surface area contributed by atoms with Crippen molar-refractivity contribution in [1.82, 2.24) is 15.0 Å². The third-order valence-corrected chi connectivity index (χ3v) is 3.47. The van der Waals surface area contributed by atoms with Gasteiger partial charge in [-0.25, -0.2) is 0 Å². The van der Waals surface area contributed by atoms with Gasteiger partial charge >= 0.3 is 0 Å². The highest BCUT2D eigenvalue weighted by molar-refractivity contribution is 7.14. The van der Waals surface area contributed by atoms with Crippen LogP contribution in [0.1, 0.15) is 5.56 Å². The fourth-order valence-corrected chi connectivity index (χ4v) is 2.30. The molecule has 0 aliphatic carbocycles. The Balaban J connectivity index is 2.58. The lowest BCUT2D eigenvalue weighted by Crippen LogP contribution is -2.03. The maximum atomic E-state index is 6.08. The standard InChI is InChI=1S/C8H8ClN5S/c1-3-2-15-5(4(3)9)6-12-7(10)14-8(11)13-6/h2H,1H3,(H4,10,11,12,13,14). The quantitative estimate of drug-likeness (QED) is 0.793. The maximum absolute atomic E-state index is 6.08. The molecule has 0 aromatic carbocycles. The van der Waals surface area contributed by atoms with Gasteiger partial charge in [0.05, 0.1) is 9.90 Å². The molecule has 15 heavy (non-hydrogen) atoms. The molecular weight excluding hydrogens is 234 g/mol. The van der Waals surface area contributed by atoms with E-state index >= 15 is 0 Å². The first-order valence-corrected chi connectivity index (χ1v) is 5.34. The number of anilines is 2. The lowest BCUT2D eigenvalue weighted by molar-refractivity contribution is 1.09. The molecule has 0 radical (unpaired) electrons. The lowest BCUT2D eigenvalue weighted by atomic mass is 10.3. The van der Waals surface area contributed by atoms with Gasteiger partial charge in [0.2, 0.25) is 11.9 Å². The van der Waals surface area contributed by atoms with Crippen LogP contribution < -0.4 is 11.5 Å². The summed E-state index contributed by atoms with van der Waals surface area (Å²) >= 11 is 7.53. The van der Waals surface area contributed by atoms with Crippen LogP contribution in [0.4, 0.5) is 11.9 Å². The summed E-state index contributed by atoms with van der Waals surface area (Å²) in [7, 11) is 0. The molecule has 0 saturated carbocycles. The SMILES string of the molecule is Cc1csc(-c2nc(N)nc(N)n2)c1Cl. The van der Waals surface area contributed by atoms with Crippen LogP contribution in [0.15, 0.2) is 5.38 Å². The summed E-state index contributed by atoms with van der Waals surface area (Å²) < 4.78 is 0. The van der Waals surface area contributed by atoms with Crippen molar-refractivity contribution >= 4 is 34.8 Å². The summed E-state index contributed by atoms with van der Waals surface area (Å²) in [6.07, 6.45) is 0. The zero-order chi connectivity index (χ0) is 11.0. The Bertz CT molecular complexity index is 489. The van der Waals surface area contributed by atoms with E-state index in [0.29, 0.717) is 10.8 Å². The van der Waals surface area contributed by atoms with E-state index in [1.807, 2.05) is 12.3 Å². The molecule has 4 N–H and O–H groups in total. The number of aromatic nitrogens is 3. The second-order valence-corrected chi connectivity index (χ2v) is 4.19. The highest BCUT2D eigenvalue weighted by Gasteiger charge is 2.12. The molecule has 2 aromatic heterocycles. The van der Waals surface area contributed by atoms with Crippen molar-refractivity contribution < 1.29 is 0 Å². The Morgan fingerprint density at radius 3 is 2.27 bits per heavy atom. The van der Waals surface area contributed by atoms with Gasteiger partial charge in [0, 0.05) is 0 Å². The summed E-state index contributed by atoms with van der Waals surface area (Å²) in [6.45, 7) is 1.91. The van der Waals surface area contributed by atoms with Gasteiger partial charge in [0.25, 0.3) is 0 Å². The minimum atomic E-state index is 0.0969. The van der Waals surface area contributed by atoms with Crippen molar-refractivity contribution in [3.63, 3.8) is 0 Å². The Hall–Kier alpha value is -1.40. The highest BCUT2D eigenvalue weighted by Crippen LogP contribution is 2.34. The fraction of sp³-hybridized carbons (Fsp3) is 0.125. The van der Waals surface area contributed by atoms with Gasteiger partial charge in [-0.3, -0.25) is 0 Å². The lowest BCUT2D eigenvalue weighted by Gasteiger charge is -2.00. The van der Waals surface area contributed by atoms with Crippen molar-refractivity contribution in [2.75, 3.05) is 11.5 Å². The van der Waals surface area contributed by atoms with Crippen LogP contribution in [0.5, 0.6) is 0 Å². The third-order valence-electron chi connectivity index (χ3n) is 1.77. The highest BCUT2D eigenvalue weighted by atomic mass is 35.5. The summed E-state index contributed by atoms with van der Waals surface area (Å²) in [5.41, 5.74) is 11.9. The van der Waals surface area contributed by atoms with Crippen LogP contribution in [0.2, 0.25) is 5.02 Å². The second-order valence-electron chi connectivity index (χ2n) is 2.94. The topological polar surface area (TPSA) is 90.7 Å². The van der Waals surface area contributed by atoms with E-state index in [9.17, 15) is 0 Å². The van der Waals surface area contributed by atoms with Crippen LogP contribution in [-0.4, -0.2) is 15.0 Å². The van der Waals surface area contributed by atoms with E-state index in [0.717, 1.165) is 10.4 Å². The van der Waals surface area contributed by atoms with Crippen molar-refractivity contribution in [2.24, 2.45) is 0 Å². The van der Waals surface area contributed by atoms with Gasteiger partial charge < -0.3 is 11.5 Å². The van der Waals surface area contributed by atoms with Crippen LogP contribution >= 0.6 is 22.9 Å². The molecule has 78 valence electrons.